The molecule has 1 aromatic heterocycles. The molecule has 0 spiro atoms. The molecule has 1 atom stereocenters. The third-order valence-electron chi connectivity index (χ3n) is 2.83. The fourth-order valence-corrected chi connectivity index (χ4v) is 2.66. The molecule has 1 aliphatic carbocycles. The Balaban J connectivity index is 1.62. The van der Waals surface area contributed by atoms with Crippen molar-refractivity contribution in [2.75, 3.05) is 6.54 Å². The molecule has 2 nitrogen and oxygen atoms in total. The molecule has 86 valence electrons. The van der Waals surface area contributed by atoms with Crippen LogP contribution in [0.1, 0.15) is 24.1 Å². The highest BCUT2D eigenvalue weighted by Gasteiger charge is 2.13. The monoisotopic (exact) mass is 235 g/mol. The van der Waals surface area contributed by atoms with E-state index in [1.807, 2.05) is 6.07 Å². The molecule has 1 aromatic rings. The van der Waals surface area contributed by atoms with Gasteiger partial charge in [-0.2, -0.15) is 0 Å². The third kappa shape index (κ3) is 3.49. The number of thiophene rings is 1. The van der Waals surface area contributed by atoms with E-state index in [2.05, 4.69) is 28.9 Å². The summed E-state index contributed by atoms with van der Waals surface area (Å²) in [7, 11) is 0. The van der Waals surface area contributed by atoms with Crippen molar-refractivity contribution in [1.29, 1.82) is 0 Å². The first-order chi connectivity index (χ1) is 7.84. The van der Waals surface area contributed by atoms with E-state index in [-0.39, 0.29) is 5.91 Å². The molecule has 2 rings (SSSR count). The van der Waals surface area contributed by atoms with Gasteiger partial charge in [-0.1, -0.05) is 18.2 Å². The highest BCUT2D eigenvalue weighted by atomic mass is 32.1. The molecule has 0 unspecified atom stereocenters. The van der Waals surface area contributed by atoms with Gasteiger partial charge in [0.05, 0.1) is 0 Å². The zero-order chi connectivity index (χ0) is 11.2. The first-order valence-electron chi connectivity index (χ1n) is 5.80. The van der Waals surface area contributed by atoms with Crippen molar-refractivity contribution in [2.24, 2.45) is 5.92 Å². The quantitative estimate of drug-likeness (QED) is 0.781. The fraction of sp³-hybridized carbons (Fsp3) is 0.462. The predicted molar refractivity (Wildman–Crippen MR) is 67.5 cm³/mol. The molecule has 0 aromatic carbocycles. The second kappa shape index (κ2) is 5.85. The van der Waals surface area contributed by atoms with E-state index in [9.17, 15) is 4.79 Å². The van der Waals surface area contributed by atoms with Gasteiger partial charge in [-0.05, 0) is 36.6 Å². The van der Waals surface area contributed by atoms with Crippen LogP contribution in [0.25, 0.3) is 0 Å². The largest absolute Gasteiger partial charge is 0.356 e. The number of rotatable bonds is 5. The fourth-order valence-electron chi connectivity index (χ4n) is 1.96. The summed E-state index contributed by atoms with van der Waals surface area (Å²) in [6, 6.07) is 4.15. The maximum Gasteiger partial charge on any atom is 0.220 e. The van der Waals surface area contributed by atoms with Crippen LogP contribution in [0.5, 0.6) is 0 Å². The molecule has 0 bridgehead atoms. The van der Waals surface area contributed by atoms with Gasteiger partial charge in [-0.25, -0.2) is 0 Å². The minimum atomic E-state index is 0.188. The molecule has 1 N–H and O–H groups in total. The van der Waals surface area contributed by atoms with Crippen molar-refractivity contribution < 1.29 is 4.79 Å². The number of carbonyl (C=O) groups is 1. The van der Waals surface area contributed by atoms with Crippen LogP contribution >= 0.6 is 11.3 Å². The van der Waals surface area contributed by atoms with Gasteiger partial charge in [0.15, 0.2) is 0 Å². The zero-order valence-corrected chi connectivity index (χ0v) is 10.1. The first-order valence-corrected chi connectivity index (χ1v) is 6.68. The van der Waals surface area contributed by atoms with Gasteiger partial charge < -0.3 is 5.32 Å². The molecular weight excluding hydrogens is 218 g/mol. The lowest BCUT2D eigenvalue weighted by molar-refractivity contribution is -0.121. The molecule has 1 aliphatic rings. The summed E-state index contributed by atoms with van der Waals surface area (Å²) in [5.41, 5.74) is 0. The van der Waals surface area contributed by atoms with Gasteiger partial charge in [-0.3, -0.25) is 4.79 Å². The van der Waals surface area contributed by atoms with Crippen LogP contribution in [0.3, 0.4) is 0 Å². The summed E-state index contributed by atoms with van der Waals surface area (Å²) in [6.07, 6.45) is 8.21. The highest BCUT2D eigenvalue weighted by molar-refractivity contribution is 7.09. The topological polar surface area (TPSA) is 29.1 Å². The Morgan fingerprint density at radius 1 is 1.56 bits per heavy atom. The number of hydrogen-bond acceptors (Lipinski definition) is 2. The zero-order valence-electron chi connectivity index (χ0n) is 9.32. The molecule has 0 saturated heterocycles. The van der Waals surface area contributed by atoms with Crippen LogP contribution < -0.4 is 5.32 Å². The highest BCUT2D eigenvalue weighted by Crippen LogP contribution is 2.19. The second-order valence-electron chi connectivity index (χ2n) is 4.15. The minimum Gasteiger partial charge on any atom is -0.356 e. The minimum absolute atomic E-state index is 0.188. The Morgan fingerprint density at radius 2 is 2.50 bits per heavy atom. The summed E-state index contributed by atoms with van der Waals surface area (Å²) in [5.74, 6) is 0.662. The van der Waals surface area contributed by atoms with Gasteiger partial charge >= 0.3 is 0 Å². The maximum atomic E-state index is 11.6. The molecule has 16 heavy (non-hydrogen) atoms. The Hall–Kier alpha value is -1.09. The van der Waals surface area contributed by atoms with E-state index in [0.717, 1.165) is 25.8 Å². The van der Waals surface area contributed by atoms with E-state index in [1.165, 1.54) is 4.88 Å². The van der Waals surface area contributed by atoms with Crippen molar-refractivity contribution in [3.63, 3.8) is 0 Å². The van der Waals surface area contributed by atoms with Crippen LogP contribution in [0.4, 0.5) is 0 Å². The molecule has 3 heteroatoms. The van der Waals surface area contributed by atoms with Crippen LogP contribution in [0.2, 0.25) is 0 Å². The van der Waals surface area contributed by atoms with Gasteiger partial charge in [0, 0.05) is 17.8 Å². The van der Waals surface area contributed by atoms with Gasteiger partial charge in [0.2, 0.25) is 5.91 Å². The second-order valence-corrected chi connectivity index (χ2v) is 5.18. The molecule has 0 fully saturated rings. The molecule has 0 radical (unpaired) electrons. The first kappa shape index (κ1) is 11.4. The van der Waals surface area contributed by atoms with E-state index < -0.39 is 0 Å². The lowest BCUT2D eigenvalue weighted by Gasteiger charge is -2.07. The van der Waals surface area contributed by atoms with E-state index in [1.54, 1.807) is 11.3 Å². The SMILES string of the molecule is O=C(C[C@@H]1C=CCC1)NCCc1cccs1. The number of nitrogens with one attached hydrogen (secondary N) is 1. The third-order valence-corrected chi connectivity index (χ3v) is 3.77. The molecule has 1 heterocycles. The maximum absolute atomic E-state index is 11.6. The average Bonchev–Trinajstić information content (AvgIpc) is 2.90. The number of carbonyl (C=O) groups excluding carboxylic acids is 1. The van der Waals surface area contributed by atoms with Crippen LogP contribution in [0.15, 0.2) is 29.7 Å². The molecule has 0 aliphatic heterocycles. The average molecular weight is 235 g/mol. The predicted octanol–water partition coefficient (Wildman–Crippen LogP) is 2.76. The summed E-state index contributed by atoms with van der Waals surface area (Å²) in [6.45, 7) is 0.760. The molecule has 0 saturated carbocycles. The van der Waals surface area contributed by atoms with Gasteiger partial charge in [0.1, 0.15) is 0 Å². The van der Waals surface area contributed by atoms with Crippen LogP contribution in [-0.2, 0) is 11.2 Å². The number of allylic oxidation sites excluding steroid dienone is 2. The van der Waals surface area contributed by atoms with Crippen molar-refractivity contribution in [3.8, 4) is 0 Å². The van der Waals surface area contributed by atoms with Crippen molar-refractivity contribution in [3.05, 3.63) is 34.5 Å². The lowest BCUT2D eigenvalue weighted by Crippen LogP contribution is -2.26. The summed E-state index contributed by atoms with van der Waals surface area (Å²) < 4.78 is 0. The number of amides is 1. The summed E-state index contributed by atoms with van der Waals surface area (Å²) in [4.78, 5) is 12.9. The molecular formula is C13H17NOS. The Bertz CT molecular complexity index is 356. The molecule has 1 amide bonds. The van der Waals surface area contributed by atoms with Crippen LogP contribution in [0, 0.1) is 5.92 Å². The van der Waals surface area contributed by atoms with Gasteiger partial charge in [0.25, 0.3) is 0 Å². The smallest absolute Gasteiger partial charge is 0.220 e. The Kier molecular flexibility index (Phi) is 4.17. The van der Waals surface area contributed by atoms with Crippen molar-refractivity contribution >= 4 is 17.2 Å². The van der Waals surface area contributed by atoms with E-state index in [4.69, 9.17) is 0 Å². The normalized spacial score (nSPS) is 18.9. The summed E-state index contributed by atoms with van der Waals surface area (Å²) in [5, 5.41) is 5.05. The van der Waals surface area contributed by atoms with Crippen molar-refractivity contribution in [2.45, 2.75) is 25.7 Å². The number of hydrogen-bond donors (Lipinski definition) is 1. The standard InChI is InChI=1S/C13H17NOS/c15-13(10-11-4-1-2-5-11)14-8-7-12-6-3-9-16-12/h1,3-4,6,9,11H,2,5,7-8,10H2,(H,14,15)/t11-/m1/s1. The lowest BCUT2D eigenvalue weighted by atomic mass is 10.1. The Labute approximate surface area is 100 Å². The Morgan fingerprint density at radius 3 is 3.19 bits per heavy atom. The van der Waals surface area contributed by atoms with E-state index in [0.29, 0.717) is 12.3 Å². The summed E-state index contributed by atoms with van der Waals surface area (Å²) >= 11 is 1.75. The van der Waals surface area contributed by atoms with E-state index >= 15 is 0 Å². The van der Waals surface area contributed by atoms with Gasteiger partial charge in [-0.15, -0.1) is 11.3 Å². The van der Waals surface area contributed by atoms with Crippen LogP contribution in [-0.4, -0.2) is 12.5 Å². The van der Waals surface area contributed by atoms with Crippen molar-refractivity contribution in [1.82, 2.24) is 5.32 Å².